The molecule has 0 saturated carbocycles. The van der Waals surface area contributed by atoms with Gasteiger partial charge in [0.25, 0.3) is 0 Å². The summed E-state index contributed by atoms with van der Waals surface area (Å²) in [6.45, 7) is 3.89. The molecule has 1 heteroatoms. The van der Waals surface area contributed by atoms with E-state index in [2.05, 4.69) is 6.58 Å². The van der Waals surface area contributed by atoms with E-state index < -0.39 is 0 Å². The molecule has 0 radical (unpaired) electrons. The van der Waals surface area contributed by atoms with Crippen LogP contribution in [-0.2, 0) is 0 Å². The largest absolute Gasteiger partial charge is 0.507 e. The van der Waals surface area contributed by atoms with Crippen LogP contribution in [0, 0.1) is 0 Å². The van der Waals surface area contributed by atoms with Gasteiger partial charge in [0, 0.05) is 10.8 Å². The van der Waals surface area contributed by atoms with Crippen molar-refractivity contribution in [1.29, 1.82) is 0 Å². The average molecular weight is 196 g/mol. The lowest BCUT2D eigenvalue weighted by atomic mass is 10.1. The summed E-state index contributed by atoms with van der Waals surface area (Å²) >= 11 is 0. The van der Waals surface area contributed by atoms with Crippen LogP contribution in [0.1, 0.15) is 5.56 Å². The van der Waals surface area contributed by atoms with Crippen molar-refractivity contribution in [3.8, 4) is 0 Å². The van der Waals surface area contributed by atoms with Gasteiger partial charge in [-0.15, -0.1) is 0 Å². The molecule has 0 aliphatic rings. The first kappa shape index (κ1) is 9.53. The van der Waals surface area contributed by atoms with Crippen LogP contribution >= 0.6 is 0 Å². The lowest BCUT2D eigenvalue weighted by molar-refractivity contribution is 0.507. The highest BCUT2D eigenvalue weighted by molar-refractivity contribution is 5.58. The Morgan fingerprint density at radius 3 is 2.13 bits per heavy atom. The van der Waals surface area contributed by atoms with Gasteiger partial charge in [-0.05, 0) is 5.22 Å². The first-order valence-electron chi connectivity index (χ1n) is 4.82. The highest BCUT2D eigenvalue weighted by atomic mass is 16.3. The fraction of sp³-hybridized carbons (Fsp3) is 0. The lowest BCUT2D eigenvalue weighted by Gasteiger charge is -1.99. The van der Waals surface area contributed by atoms with Gasteiger partial charge in [-0.1, -0.05) is 61.2 Å². The van der Waals surface area contributed by atoms with Gasteiger partial charge < -0.3 is 5.11 Å². The quantitative estimate of drug-likeness (QED) is 0.737. The molecule has 0 aliphatic carbocycles. The van der Waals surface area contributed by atoms with Gasteiger partial charge in [0.05, 0.1) is 0 Å². The lowest BCUT2D eigenvalue weighted by Crippen LogP contribution is -2.25. The highest BCUT2D eigenvalue weighted by Gasteiger charge is 1.98. The van der Waals surface area contributed by atoms with Gasteiger partial charge in [0.2, 0.25) is 0 Å². The van der Waals surface area contributed by atoms with E-state index in [4.69, 9.17) is 0 Å². The van der Waals surface area contributed by atoms with Crippen LogP contribution in [-0.4, -0.2) is 5.11 Å². The first-order chi connectivity index (χ1) is 7.29. The second-order valence-electron chi connectivity index (χ2n) is 3.37. The average Bonchev–Trinajstić information content (AvgIpc) is 2.30. The molecule has 1 nitrogen and oxygen atoms in total. The van der Waals surface area contributed by atoms with Crippen LogP contribution < -0.4 is 10.4 Å². The molecule has 74 valence electrons. The molecular weight excluding hydrogens is 184 g/mol. The number of rotatable bonds is 1. The van der Waals surface area contributed by atoms with Crippen molar-refractivity contribution in [2.45, 2.75) is 0 Å². The number of aliphatic hydroxyl groups excluding tert-OH is 1. The molecule has 2 rings (SSSR count). The summed E-state index contributed by atoms with van der Waals surface area (Å²) in [5, 5.41) is 11.7. The van der Waals surface area contributed by atoms with Crippen molar-refractivity contribution in [3.63, 3.8) is 0 Å². The van der Waals surface area contributed by atoms with Crippen molar-refractivity contribution >= 4 is 12.3 Å². The van der Waals surface area contributed by atoms with Crippen molar-refractivity contribution in [2.24, 2.45) is 0 Å². The van der Waals surface area contributed by atoms with Gasteiger partial charge in [-0.2, -0.15) is 0 Å². The van der Waals surface area contributed by atoms with Crippen LogP contribution in [0.5, 0.6) is 0 Å². The maximum absolute atomic E-state index is 10.0. The van der Waals surface area contributed by atoms with E-state index in [0.717, 1.165) is 16.0 Å². The zero-order valence-electron chi connectivity index (χ0n) is 8.35. The monoisotopic (exact) mass is 196 g/mol. The Bertz CT molecular complexity index is 555. The summed E-state index contributed by atoms with van der Waals surface area (Å²) in [6.07, 6.45) is 0. The van der Waals surface area contributed by atoms with E-state index in [1.807, 2.05) is 54.6 Å². The number of benzene rings is 2. The Balaban J connectivity index is 2.71. The van der Waals surface area contributed by atoms with Gasteiger partial charge in [-0.3, -0.25) is 0 Å². The standard InChI is InChI=1S/C14H12O/c1-11-7-5-6-10-13(11)14(15)12-8-3-2-4-9-12/h2-10,15H,1H2/b14-13-. The van der Waals surface area contributed by atoms with E-state index >= 15 is 0 Å². The minimum absolute atomic E-state index is 0.279. The molecule has 2 aromatic rings. The number of aliphatic hydroxyl groups is 1. The zero-order valence-corrected chi connectivity index (χ0v) is 8.35. The van der Waals surface area contributed by atoms with Gasteiger partial charge >= 0.3 is 0 Å². The molecule has 0 amide bonds. The van der Waals surface area contributed by atoms with E-state index in [-0.39, 0.29) is 5.76 Å². The summed E-state index contributed by atoms with van der Waals surface area (Å²) in [7, 11) is 0. The molecule has 0 fully saturated rings. The summed E-state index contributed by atoms with van der Waals surface area (Å²) in [5.41, 5.74) is 0.814. The molecule has 0 unspecified atom stereocenters. The predicted molar refractivity (Wildman–Crippen MR) is 62.8 cm³/mol. The maximum atomic E-state index is 10.0. The number of hydrogen-bond acceptors (Lipinski definition) is 1. The molecule has 0 aromatic heterocycles. The summed E-state index contributed by atoms with van der Waals surface area (Å²) in [6, 6.07) is 17.0. The maximum Gasteiger partial charge on any atom is 0.130 e. The smallest absolute Gasteiger partial charge is 0.130 e. The Morgan fingerprint density at radius 1 is 0.867 bits per heavy atom. The predicted octanol–water partition coefficient (Wildman–Crippen LogP) is 1.81. The molecule has 2 aromatic carbocycles. The fourth-order valence-electron chi connectivity index (χ4n) is 1.50. The minimum atomic E-state index is 0.279. The molecule has 0 saturated heterocycles. The highest BCUT2D eigenvalue weighted by Crippen LogP contribution is 2.05. The third kappa shape index (κ3) is 1.91. The molecule has 0 bridgehead atoms. The fourth-order valence-corrected chi connectivity index (χ4v) is 1.50. The van der Waals surface area contributed by atoms with Crippen molar-refractivity contribution in [1.82, 2.24) is 0 Å². The molecule has 0 atom stereocenters. The molecule has 1 N–H and O–H groups in total. The zero-order chi connectivity index (χ0) is 10.7. The first-order valence-corrected chi connectivity index (χ1v) is 4.82. The molecule has 0 spiro atoms. The second kappa shape index (κ2) is 4.01. The van der Waals surface area contributed by atoms with E-state index in [1.54, 1.807) is 0 Å². The van der Waals surface area contributed by atoms with Gasteiger partial charge in [0.1, 0.15) is 5.76 Å². The van der Waals surface area contributed by atoms with E-state index in [1.165, 1.54) is 0 Å². The van der Waals surface area contributed by atoms with E-state index in [0.29, 0.717) is 0 Å². The molecule has 0 heterocycles. The topological polar surface area (TPSA) is 20.2 Å². The van der Waals surface area contributed by atoms with Crippen molar-refractivity contribution in [3.05, 3.63) is 70.6 Å². The Labute approximate surface area is 88.6 Å². The second-order valence-corrected chi connectivity index (χ2v) is 3.37. The minimum Gasteiger partial charge on any atom is -0.507 e. The summed E-state index contributed by atoms with van der Waals surface area (Å²) in [4.78, 5) is 0. The van der Waals surface area contributed by atoms with Crippen molar-refractivity contribution in [2.75, 3.05) is 0 Å². The Kier molecular flexibility index (Phi) is 2.55. The van der Waals surface area contributed by atoms with Gasteiger partial charge in [0.15, 0.2) is 0 Å². The van der Waals surface area contributed by atoms with Gasteiger partial charge in [-0.25, -0.2) is 0 Å². The normalized spacial score (nSPS) is 12.3. The Hall–Kier alpha value is -2.02. The number of hydrogen-bond donors (Lipinski definition) is 1. The molecular formula is C14H12O. The molecule has 0 aliphatic heterocycles. The van der Waals surface area contributed by atoms with E-state index in [9.17, 15) is 5.11 Å². The van der Waals surface area contributed by atoms with Crippen molar-refractivity contribution < 1.29 is 5.11 Å². The van der Waals surface area contributed by atoms with Crippen LogP contribution in [0.4, 0.5) is 0 Å². The third-order valence-corrected chi connectivity index (χ3v) is 2.32. The van der Waals surface area contributed by atoms with Crippen LogP contribution in [0.15, 0.2) is 54.6 Å². The van der Waals surface area contributed by atoms with Crippen LogP contribution in [0.3, 0.4) is 0 Å². The van der Waals surface area contributed by atoms with Crippen LogP contribution in [0.2, 0.25) is 0 Å². The summed E-state index contributed by atoms with van der Waals surface area (Å²) in [5.74, 6) is 0.279. The third-order valence-electron chi connectivity index (χ3n) is 2.32. The Morgan fingerprint density at radius 2 is 1.47 bits per heavy atom. The summed E-state index contributed by atoms with van der Waals surface area (Å²) < 4.78 is 0. The van der Waals surface area contributed by atoms with Crippen LogP contribution in [0.25, 0.3) is 12.3 Å². The SMILES string of the molecule is C=c1cccc/c1=C(/O)c1ccccc1. The molecule has 15 heavy (non-hydrogen) atoms.